The van der Waals surface area contributed by atoms with Crippen molar-refractivity contribution >= 4 is 50.9 Å². The van der Waals surface area contributed by atoms with Crippen molar-refractivity contribution in [1.29, 1.82) is 0 Å². The van der Waals surface area contributed by atoms with Crippen molar-refractivity contribution in [2.45, 2.75) is 51.9 Å². The number of carbonyl (C=O) groups excluding carboxylic acids is 1. The van der Waals surface area contributed by atoms with E-state index in [1.54, 1.807) is 6.08 Å². The van der Waals surface area contributed by atoms with Gasteiger partial charge in [0.15, 0.2) is 11.0 Å². The van der Waals surface area contributed by atoms with E-state index in [2.05, 4.69) is 57.9 Å². The van der Waals surface area contributed by atoms with E-state index in [-0.39, 0.29) is 18.3 Å². The van der Waals surface area contributed by atoms with Crippen LogP contribution in [0.3, 0.4) is 0 Å². The standard InChI is InChI=1S/C25H28BrClN4O2S/c1-6-9-31-22(13-33-21-8-7-18(26)12-19(21)15(2)3)29-30-25(31)34-14-23(32)28-24-17(5)10-16(4)11-20(24)27/h6-8,10-12,15H,1,9,13-14H2,2-5H3,(H,28,32). The molecule has 2 aromatic carbocycles. The Bertz CT molecular complexity index is 1170. The molecule has 34 heavy (non-hydrogen) atoms. The van der Waals surface area contributed by atoms with E-state index in [0.29, 0.717) is 34.2 Å². The number of thioether (sulfide) groups is 1. The maximum absolute atomic E-state index is 12.6. The topological polar surface area (TPSA) is 69.0 Å². The smallest absolute Gasteiger partial charge is 0.234 e. The lowest BCUT2D eigenvalue weighted by molar-refractivity contribution is -0.113. The molecule has 0 bridgehead atoms. The number of anilines is 1. The summed E-state index contributed by atoms with van der Waals surface area (Å²) in [6, 6.07) is 9.79. The number of aromatic nitrogens is 3. The van der Waals surface area contributed by atoms with Crippen LogP contribution in [0.25, 0.3) is 0 Å². The fourth-order valence-corrected chi connectivity index (χ4v) is 4.98. The second-order valence-electron chi connectivity index (χ2n) is 8.20. The number of halogens is 2. The first-order valence-electron chi connectivity index (χ1n) is 10.8. The SMILES string of the molecule is C=CCn1c(COc2ccc(Br)cc2C(C)C)nnc1SCC(=O)Nc1c(C)cc(C)cc1Cl. The van der Waals surface area contributed by atoms with Crippen LogP contribution >= 0.6 is 39.3 Å². The molecule has 0 aliphatic carbocycles. The van der Waals surface area contributed by atoms with Gasteiger partial charge in [0.05, 0.1) is 16.5 Å². The minimum absolute atomic E-state index is 0.166. The molecule has 0 aliphatic rings. The molecular formula is C25H28BrClN4O2S. The molecule has 0 saturated carbocycles. The summed E-state index contributed by atoms with van der Waals surface area (Å²) in [5.74, 6) is 1.79. The number of hydrogen-bond donors (Lipinski definition) is 1. The zero-order valence-electron chi connectivity index (χ0n) is 19.7. The van der Waals surface area contributed by atoms with Gasteiger partial charge in [0.25, 0.3) is 0 Å². The Morgan fingerprint density at radius 2 is 2.06 bits per heavy atom. The third-order valence-electron chi connectivity index (χ3n) is 5.08. The summed E-state index contributed by atoms with van der Waals surface area (Å²) < 4.78 is 9.02. The van der Waals surface area contributed by atoms with Crippen molar-refractivity contribution in [1.82, 2.24) is 14.8 Å². The Morgan fingerprint density at radius 1 is 1.29 bits per heavy atom. The number of amides is 1. The largest absolute Gasteiger partial charge is 0.485 e. The summed E-state index contributed by atoms with van der Waals surface area (Å²) in [4.78, 5) is 12.6. The maximum Gasteiger partial charge on any atom is 0.234 e. The molecule has 0 aliphatic heterocycles. The first-order chi connectivity index (χ1) is 16.2. The van der Waals surface area contributed by atoms with Crippen LogP contribution in [0.15, 0.2) is 52.6 Å². The predicted molar refractivity (Wildman–Crippen MR) is 143 cm³/mol. The van der Waals surface area contributed by atoms with E-state index in [1.165, 1.54) is 11.8 Å². The van der Waals surface area contributed by atoms with Gasteiger partial charge >= 0.3 is 0 Å². The van der Waals surface area contributed by atoms with E-state index in [0.717, 1.165) is 26.9 Å². The van der Waals surface area contributed by atoms with E-state index in [9.17, 15) is 4.79 Å². The highest BCUT2D eigenvalue weighted by Gasteiger charge is 2.17. The van der Waals surface area contributed by atoms with Crippen LogP contribution < -0.4 is 10.1 Å². The lowest BCUT2D eigenvalue weighted by Gasteiger charge is -2.15. The van der Waals surface area contributed by atoms with Gasteiger partial charge in [-0.1, -0.05) is 65.3 Å². The summed E-state index contributed by atoms with van der Waals surface area (Å²) in [7, 11) is 0. The van der Waals surface area contributed by atoms with Gasteiger partial charge in [-0.3, -0.25) is 9.36 Å². The third kappa shape index (κ3) is 6.64. The van der Waals surface area contributed by atoms with Crippen LogP contribution in [0.5, 0.6) is 5.75 Å². The number of hydrogen-bond acceptors (Lipinski definition) is 5. The number of aryl methyl sites for hydroxylation is 2. The van der Waals surface area contributed by atoms with Gasteiger partial charge in [-0.2, -0.15) is 0 Å². The summed E-state index contributed by atoms with van der Waals surface area (Å²) >= 11 is 11.1. The summed E-state index contributed by atoms with van der Waals surface area (Å²) in [5.41, 5.74) is 3.72. The van der Waals surface area contributed by atoms with Crippen molar-refractivity contribution in [2.24, 2.45) is 0 Å². The van der Waals surface area contributed by atoms with Crippen LogP contribution in [0, 0.1) is 13.8 Å². The molecule has 0 fully saturated rings. The van der Waals surface area contributed by atoms with Crippen LogP contribution in [0.1, 0.15) is 42.3 Å². The summed E-state index contributed by atoms with van der Waals surface area (Å²) in [5, 5.41) is 12.6. The van der Waals surface area contributed by atoms with Crippen molar-refractivity contribution in [3.8, 4) is 5.75 Å². The monoisotopic (exact) mass is 562 g/mol. The molecule has 0 spiro atoms. The fraction of sp³-hybridized carbons (Fsp3) is 0.320. The van der Waals surface area contributed by atoms with Gasteiger partial charge in [-0.15, -0.1) is 16.8 Å². The molecule has 1 heterocycles. The quantitative estimate of drug-likeness (QED) is 0.214. The van der Waals surface area contributed by atoms with Gasteiger partial charge in [0.1, 0.15) is 12.4 Å². The lowest BCUT2D eigenvalue weighted by atomic mass is 10.0. The van der Waals surface area contributed by atoms with Gasteiger partial charge in [-0.25, -0.2) is 0 Å². The van der Waals surface area contributed by atoms with Crippen molar-refractivity contribution in [3.05, 3.63) is 75.0 Å². The average Bonchev–Trinajstić information content (AvgIpc) is 3.15. The normalized spacial score (nSPS) is 11.0. The van der Waals surface area contributed by atoms with Crippen molar-refractivity contribution in [2.75, 3.05) is 11.1 Å². The molecule has 3 aromatic rings. The number of allylic oxidation sites excluding steroid dienone is 1. The fourth-order valence-electron chi connectivity index (χ4n) is 3.47. The zero-order valence-corrected chi connectivity index (χ0v) is 22.9. The van der Waals surface area contributed by atoms with E-state index < -0.39 is 0 Å². The number of ether oxygens (including phenoxy) is 1. The summed E-state index contributed by atoms with van der Waals surface area (Å²) in [6.07, 6.45) is 1.77. The molecule has 3 rings (SSSR count). The van der Waals surface area contributed by atoms with E-state index >= 15 is 0 Å². The molecule has 1 N–H and O–H groups in total. The Hall–Kier alpha value is -2.29. The molecule has 9 heteroatoms. The zero-order chi connectivity index (χ0) is 24.8. The molecule has 0 unspecified atom stereocenters. The van der Waals surface area contributed by atoms with Gasteiger partial charge in [0, 0.05) is 11.0 Å². The van der Waals surface area contributed by atoms with Crippen LogP contribution in [0.2, 0.25) is 5.02 Å². The second-order valence-corrected chi connectivity index (χ2v) is 10.5. The van der Waals surface area contributed by atoms with E-state index in [1.807, 2.05) is 42.7 Å². The minimum Gasteiger partial charge on any atom is -0.485 e. The highest BCUT2D eigenvalue weighted by atomic mass is 79.9. The summed E-state index contributed by atoms with van der Waals surface area (Å²) in [6.45, 7) is 12.7. The molecule has 1 aromatic heterocycles. The lowest BCUT2D eigenvalue weighted by Crippen LogP contribution is -2.16. The van der Waals surface area contributed by atoms with Gasteiger partial charge in [0.2, 0.25) is 5.91 Å². The molecule has 0 saturated heterocycles. The number of rotatable bonds is 10. The first kappa shape index (κ1) is 26.3. The molecule has 1 amide bonds. The van der Waals surface area contributed by atoms with Crippen LogP contribution in [-0.4, -0.2) is 26.4 Å². The molecule has 0 radical (unpaired) electrons. The number of benzene rings is 2. The molecule has 0 atom stereocenters. The predicted octanol–water partition coefficient (Wildman–Crippen LogP) is 6.93. The number of nitrogens with zero attached hydrogens (tertiary/aromatic N) is 3. The third-order valence-corrected chi connectivity index (χ3v) is 6.84. The minimum atomic E-state index is -0.166. The molecular weight excluding hydrogens is 536 g/mol. The highest BCUT2D eigenvalue weighted by Crippen LogP contribution is 2.31. The second kappa shape index (κ2) is 11.9. The first-order valence-corrected chi connectivity index (χ1v) is 13.0. The van der Waals surface area contributed by atoms with Gasteiger partial charge in [-0.05, 0) is 60.7 Å². The Balaban J connectivity index is 1.68. The average molecular weight is 564 g/mol. The van der Waals surface area contributed by atoms with Crippen molar-refractivity contribution in [3.63, 3.8) is 0 Å². The molecule has 6 nitrogen and oxygen atoms in total. The van der Waals surface area contributed by atoms with Gasteiger partial charge < -0.3 is 10.1 Å². The van der Waals surface area contributed by atoms with Crippen LogP contribution in [-0.2, 0) is 17.9 Å². The van der Waals surface area contributed by atoms with E-state index in [4.69, 9.17) is 16.3 Å². The maximum atomic E-state index is 12.6. The molecule has 180 valence electrons. The van der Waals surface area contributed by atoms with Crippen molar-refractivity contribution < 1.29 is 9.53 Å². The highest BCUT2D eigenvalue weighted by molar-refractivity contribution is 9.10. The van der Waals surface area contributed by atoms with Crippen LogP contribution in [0.4, 0.5) is 5.69 Å². The Kier molecular flexibility index (Phi) is 9.22. The Labute approximate surface area is 218 Å². The Morgan fingerprint density at radius 3 is 2.74 bits per heavy atom. The number of nitrogens with one attached hydrogen (secondary N) is 1. The number of carbonyl (C=O) groups is 1.